The van der Waals surface area contributed by atoms with E-state index < -0.39 is 0 Å². The highest BCUT2D eigenvalue weighted by Crippen LogP contribution is 1.55. The maximum atomic E-state index is 11.2. The lowest BCUT2D eigenvalue weighted by Gasteiger charge is -1.89. The zero-order valence-corrected chi connectivity index (χ0v) is 5.30. The van der Waals surface area contributed by atoms with Crippen LogP contribution in [-0.4, -0.2) is 26.4 Å². The lowest BCUT2D eigenvalue weighted by Crippen LogP contribution is -3.00. The van der Waals surface area contributed by atoms with Gasteiger partial charge in [-0.2, -0.15) is 0 Å². The molecule has 0 radical (unpaired) electrons. The first kappa shape index (κ1) is 11.0. The highest BCUT2D eigenvalue weighted by Gasteiger charge is 1.84. The standard InChI is InChI=1S/C4H9F2N.ClH/c5-1-3-7-4-2-6;/h7H,1-4H2;1H. The molecule has 2 N–H and O–H groups in total. The zero-order chi connectivity index (χ0) is 5.54. The molecule has 1 nitrogen and oxygen atoms in total. The van der Waals surface area contributed by atoms with Gasteiger partial charge >= 0.3 is 0 Å². The fourth-order valence-electron chi connectivity index (χ4n) is 0.299. The van der Waals surface area contributed by atoms with Crippen molar-refractivity contribution in [3.63, 3.8) is 0 Å². The van der Waals surface area contributed by atoms with E-state index in [9.17, 15) is 8.78 Å². The molecule has 0 aromatic rings. The first-order valence-corrected chi connectivity index (χ1v) is 2.35. The number of alkyl halides is 2. The predicted octanol–water partition coefficient (Wildman–Crippen LogP) is -3.51. The Morgan fingerprint density at radius 2 is 1.38 bits per heavy atom. The summed E-state index contributed by atoms with van der Waals surface area (Å²) >= 11 is 0. The third-order valence-electron chi connectivity index (χ3n) is 0.626. The number of hydrogen-bond acceptors (Lipinski definition) is 0. The summed E-state index contributed by atoms with van der Waals surface area (Å²) < 4.78 is 22.3. The second kappa shape index (κ2) is 10.2. The monoisotopic (exact) mass is 145 g/mol. The second-order valence-electron chi connectivity index (χ2n) is 1.24. The van der Waals surface area contributed by atoms with E-state index in [-0.39, 0.29) is 25.8 Å². The predicted molar refractivity (Wildman–Crippen MR) is 23.6 cm³/mol. The van der Waals surface area contributed by atoms with Crippen molar-refractivity contribution in [1.29, 1.82) is 0 Å². The van der Waals surface area contributed by atoms with Crippen molar-refractivity contribution < 1.29 is 26.5 Å². The third-order valence-corrected chi connectivity index (χ3v) is 0.626. The molecule has 0 saturated heterocycles. The Hall–Kier alpha value is 0.110. The molecule has 4 heteroatoms. The lowest BCUT2D eigenvalue weighted by atomic mass is 10.6. The van der Waals surface area contributed by atoms with Crippen LogP contribution in [-0.2, 0) is 0 Å². The Morgan fingerprint density at radius 3 is 1.62 bits per heavy atom. The molecule has 0 heterocycles. The van der Waals surface area contributed by atoms with Crippen LogP contribution >= 0.6 is 0 Å². The quantitative estimate of drug-likeness (QED) is 0.396. The molecule has 0 unspecified atom stereocenters. The number of quaternary nitrogens is 1. The largest absolute Gasteiger partial charge is 1.00 e. The van der Waals surface area contributed by atoms with Crippen LogP contribution in [0.3, 0.4) is 0 Å². The van der Waals surface area contributed by atoms with Crippen LogP contribution in [0.25, 0.3) is 0 Å². The van der Waals surface area contributed by atoms with Crippen molar-refractivity contribution in [1.82, 2.24) is 0 Å². The molecule has 0 rings (SSSR count). The van der Waals surface area contributed by atoms with Gasteiger partial charge in [-0.3, -0.25) is 0 Å². The van der Waals surface area contributed by atoms with Crippen LogP contribution in [0.4, 0.5) is 8.78 Å². The van der Waals surface area contributed by atoms with E-state index in [1.54, 1.807) is 5.32 Å². The maximum Gasteiger partial charge on any atom is 0.138 e. The van der Waals surface area contributed by atoms with Crippen LogP contribution in [0.15, 0.2) is 0 Å². The van der Waals surface area contributed by atoms with Gasteiger partial charge in [-0.15, -0.1) is 0 Å². The van der Waals surface area contributed by atoms with Crippen molar-refractivity contribution >= 4 is 0 Å². The van der Waals surface area contributed by atoms with Gasteiger partial charge in [0.1, 0.15) is 26.4 Å². The van der Waals surface area contributed by atoms with E-state index in [2.05, 4.69) is 0 Å². The summed E-state index contributed by atoms with van der Waals surface area (Å²) in [7, 11) is 0. The summed E-state index contributed by atoms with van der Waals surface area (Å²) in [6.07, 6.45) is 0. The van der Waals surface area contributed by atoms with Gasteiger partial charge in [-0.1, -0.05) is 0 Å². The van der Waals surface area contributed by atoms with Crippen molar-refractivity contribution in [2.24, 2.45) is 0 Å². The Kier molecular flexibility index (Phi) is 14.0. The van der Waals surface area contributed by atoms with Gasteiger partial charge in [0.2, 0.25) is 0 Å². The van der Waals surface area contributed by atoms with Gasteiger partial charge < -0.3 is 17.7 Å². The van der Waals surface area contributed by atoms with Crippen LogP contribution < -0.4 is 17.7 Å². The smallest absolute Gasteiger partial charge is 0.138 e. The summed E-state index contributed by atoms with van der Waals surface area (Å²) in [6.45, 7) is 0.0633. The van der Waals surface area contributed by atoms with E-state index in [1.807, 2.05) is 0 Å². The van der Waals surface area contributed by atoms with E-state index in [0.29, 0.717) is 13.1 Å². The zero-order valence-electron chi connectivity index (χ0n) is 4.54. The van der Waals surface area contributed by atoms with E-state index in [1.165, 1.54) is 0 Å². The maximum absolute atomic E-state index is 11.2. The molecule has 0 spiro atoms. The van der Waals surface area contributed by atoms with Gasteiger partial charge in [-0.05, 0) is 0 Å². The molecule has 0 aliphatic heterocycles. The first-order chi connectivity index (χ1) is 3.41. The number of hydrogen-bond donors (Lipinski definition) is 1. The molecule has 8 heavy (non-hydrogen) atoms. The van der Waals surface area contributed by atoms with Crippen LogP contribution in [0.1, 0.15) is 0 Å². The molecule has 0 bridgehead atoms. The fourth-order valence-corrected chi connectivity index (χ4v) is 0.299. The highest BCUT2D eigenvalue weighted by atomic mass is 35.5. The summed E-state index contributed by atoms with van der Waals surface area (Å²) in [5, 5.41) is 1.61. The first-order valence-electron chi connectivity index (χ1n) is 2.35. The Morgan fingerprint density at radius 1 is 1.00 bits per heavy atom. The number of rotatable bonds is 4. The molecule has 0 atom stereocenters. The Labute approximate surface area is 53.9 Å². The van der Waals surface area contributed by atoms with Gasteiger partial charge in [0, 0.05) is 0 Å². The van der Waals surface area contributed by atoms with Gasteiger partial charge in [0.25, 0.3) is 0 Å². The minimum Gasteiger partial charge on any atom is -1.00 e. The van der Waals surface area contributed by atoms with Crippen molar-refractivity contribution in [3.8, 4) is 0 Å². The molecular weight excluding hydrogens is 136 g/mol. The van der Waals surface area contributed by atoms with Crippen LogP contribution in [0, 0.1) is 0 Å². The average molecular weight is 146 g/mol. The molecule has 0 aromatic carbocycles. The van der Waals surface area contributed by atoms with Gasteiger partial charge in [0.15, 0.2) is 0 Å². The highest BCUT2D eigenvalue weighted by molar-refractivity contribution is 4.16. The van der Waals surface area contributed by atoms with Gasteiger partial charge in [-0.25, -0.2) is 8.78 Å². The minimum atomic E-state index is -0.361. The summed E-state index contributed by atoms with van der Waals surface area (Å²) in [6, 6.07) is 0. The normalized spacial score (nSPS) is 8.25. The summed E-state index contributed by atoms with van der Waals surface area (Å²) in [4.78, 5) is 0. The number of halogens is 3. The SMILES string of the molecule is FCC[NH2+]CCF.[Cl-]. The van der Waals surface area contributed by atoms with Crippen LogP contribution in [0.2, 0.25) is 0 Å². The van der Waals surface area contributed by atoms with Crippen LogP contribution in [0.5, 0.6) is 0 Å². The molecule has 0 aliphatic rings. The Bertz CT molecular complexity index is 33.2. The topological polar surface area (TPSA) is 16.6 Å². The van der Waals surface area contributed by atoms with E-state index >= 15 is 0 Å². The van der Waals surface area contributed by atoms with E-state index in [0.717, 1.165) is 0 Å². The average Bonchev–Trinajstić information content (AvgIpc) is 1.69. The van der Waals surface area contributed by atoms with Crippen molar-refractivity contribution in [2.75, 3.05) is 26.4 Å². The molecule has 0 saturated carbocycles. The molecular formula is C4H10ClF2N. The fraction of sp³-hybridized carbons (Fsp3) is 1.00. The molecule has 0 amide bonds. The summed E-state index contributed by atoms with van der Waals surface area (Å²) in [5.41, 5.74) is 0. The van der Waals surface area contributed by atoms with Crippen molar-refractivity contribution in [3.05, 3.63) is 0 Å². The molecule has 0 fully saturated rings. The summed E-state index contributed by atoms with van der Waals surface area (Å²) in [5.74, 6) is 0. The van der Waals surface area contributed by atoms with E-state index in [4.69, 9.17) is 0 Å². The third kappa shape index (κ3) is 9.44. The second-order valence-corrected chi connectivity index (χ2v) is 1.24. The molecule has 0 aromatic heterocycles. The van der Waals surface area contributed by atoms with Crippen molar-refractivity contribution in [2.45, 2.75) is 0 Å². The lowest BCUT2D eigenvalue weighted by molar-refractivity contribution is -0.654. The molecule has 52 valence electrons. The molecule has 0 aliphatic carbocycles. The van der Waals surface area contributed by atoms with Gasteiger partial charge in [0.05, 0.1) is 0 Å². The minimum absolute atomic E-state index is 0. The Balaban J connectivity index is 0. The number of nitrogens with two attached hydrogens (primary N) is 1.